The molecule has 0 aromatic carbocycles. The van der Waals surface area contributed by atoms with Gasteiger partial charge < -0.3 is 14.1 Å². The van der Waals surface area contributed by atoms with Gasteiger partial charge in [-0.2, -0.15) is 0 Å². The summed E-state index contributed by atoms with van der Waals surface area (Å²) in [4.78, 5) is 4.40. The number of nitrogens with zero attached hydrogens (tertiary/aromatic N) is 2. The molecule has 0 fully saturated rings. The highest BCUT2D eigenvalue weighted by Gasteiger charge is 2.19. The zero-order valence-corrected chi connectivity index (χ0v) is 8.97. The molecular weight excluding hydrogens is 204 g/mol. The quantitative estimate of drug-likeness (QED) is 0.828. The van der Waals surface area contributed by atoms with E-state index in [2.05, 4.69) is 9.55 Å². The van der Waals surface area contributed by atoms with Crippen molar-refractivity contribution in [1.82, 2.24) is 9.55 Å². The van der Waals surface area contributed by atoms with Gasteiger partial charge in [-0.1, -0.05) is 0 Å². The molecule has 3 heterocycles. The summed E-state index contributed by atoms with van der Waals surface area (Å²) in [5.41, 5.74) is 1.13. The average molecular weight is 218 g/mol. The van der Waals surface area contributed by atoms with Gasteiger partial charge in [-0.05, 0) is 18.6 Å². The molecule has 0 bridgehead atoms. The highest BCUT2D eigenvalue weighted by molar-refractivity contribution is 5.14. The van der Waals surface area contributed by atoms with Gasteiger partial charge in [-0.3, -0.25) is 0 Å². The van der Waals surface area contributed by atoms with E-state index in [-0.39, 0.29) is 6.10 Å². The first-order chi connectivity index (χ1) is 7.83. The third kappa shape index (κ3) is 1.65. The molecule has 0 spiro atoms. The molecule has 1 unspecified atom stereocenters. The van der Waals surface area contributed by atoms with E-state index >= 15 is 0 Å². The van der Waals surface area contributed by atoms with Crippen molar-refractivity contribution in [2.75, 3.05) is 0 Å². The second kappa shape index (κ2) is 3.79. The van der Waals surface area contributed by atoms with Crippen molar-refractivity contribution in [1.29, 1.82) is 0 Å². The summed E-state index contributed by atoms with van der Waals surface area (Å²) >= 11 is 0. The van der Waals surface area contributed by atoms with Crippen molar-refractivity contribution >= 4 is 0 Å². The molecule has 1 aliphatic heterocycles. The van der Waals surface area contributed by atoms with Crippen LogP contribution in [-0.4, -0.2) is 20.8 Å². The highest BCUT2D eigenvalue weighted by atomic mass is 16.3. The number of hydrogen-bond donors (Lipinski definition) is 1. The van der Waals surface area contributed by atoms with Gasteiger partial charge in [0.2, 0.25) is 0 Å². The first-order valence-electron chi connectivity index (χ1n) is 5.56. The lowest BCUT2D eigenvalue weighted by Gasteiger charge is -2.20. The van der Waals surface area contributed by atoms with Crippen LogP contribution in [0.25, 0.3) is 0 Å². The maximum Gasteiger partial charge on any atom is 0.116 e. The molecule has 2 aromatic heterocycles. The van der Waals surface area contributed by atoms with Crippen molar-refractivity contribution in [3.8, 4) is 0 Å². The van der Waals surface area contributed by atoms with Gasteiger partial charge in [0.25, 0.3) is 0 Å². The van der Waals surface area contributed by atoms with Crippen molar-refractivity contribution in [2.24, 2.45) is 0 Å². The van der Waals surface area contributed by atoms with Crippen LogP contribution in [0.3, 0.4) is 0 Å². The van der Waals surface area contributed by atoms with Gasteiger partial charge in [0.1, 0.15) is 11.6 Å². The molecule has 0 radical (unpaired) electrons. The molecule has 84 valence electrons. The predicted octanol–water partition coefficient (Wildman–Crippen LogP) is 1.37. The molecule has 1 atom stereocenters. The number of imidazole rings is 1. The van der Waals surface area contributed by atoms with Gasteiger partial charge >= 0.3 is 0 Å². The van der Waals surface area contributed by atoms with E-state index in [1.807, 2.05) is 18.3 Å². The molecule has 0 saturated heterocycles. The summed E-state index contributed by atoms with van der Waals surface area (Å²) in [6.45, 7) is 0.854. The monoisotopic (exact) mass is 218 g/mol. The van der Waals surface area contributed by atoms with Crippen LogP contribution in [-0.2, 0) is 19.4 Å². The minimum Gasteiger partial charge on any atom is -0.469 e. The molecule has 3 rings (SSSR count). The first kappa shape index (κ1) is 9.66. The van der Waals surface area contributed by atoms with Crippen LogP contribution in [0.2, 0.25) is 0 Å². The number of furan rings is 1. The van der Waals surface area contributed by atoms with Gasteiger partial charge in [-0.25, -0.2) is 4.98 Å². The van der Waals surface area contributed by atoms with Crippen LogP contribution in [0.1, 0.15) is 23.7 Å². The van der Waals surface area contributed by atoms with Crippen LogP contribution in [0.5, 0.6) is 0 Å². The number of aliphatic hydroxyl groups is 1. The predicted molar refractivity (Wildman–Crippen MR) is 58.1 cm³/mol. The maximum absolute atomic E-state index is 9.56. The Kier molecular flexibility index (Phi) is 2.29. The zero-order chi connectivity index (χ0) is 11.0. The largest absolute Gasteiger partial charge is 0.469 e. The van der Waals surface area contributed by atoms with E-state index in [4.69, 9.17) is 4.42 Å². The molecule has 16 heavy (non-hydrogen) atoms. The molecule has 4 nitrogen and oxygen atoms in total. The fourth-order valence-corrected chi connectivity index (χ4v) is 2.22. The lowest BCUT2D eigenvalue weighted by molar-refractivity contribution is 0.143. The standard InChI is InChI=1S/C12H14N2O2/c15-10-3-4-14-9(6-10)8-13-12(14)7-11-2-1-5-16-11/h1-2,5,8,10,15H,3-4,6-7H2. The van der Waals surface area contributed by atoms with Crippen LogP contribution in [0, 0.1) is 0 Å². The van der Waals surface area contributed by atoms with E-state index in [1.54, 1.807) is 6.26 Å². The van der Waals surface area contributed by atoms with Crippen molar-refractivity contribution in [3.05, 3.63) is 41.9 Å². The van der Waals surface area contributed by atoms with Crippen LogP contribution < -0.4 is 0 Å². The Morgan fingerprint density at radius 1 is 1.56 bits per heavy atom. The minimum absolute atomic E-state index is 0.208. The van der Waals surface area contributed by atoms with Crippen molar-refractivity contribution < 1.29 is 9.52 Å². The summed E-state index contributed by atoms with van der Waals surface area (Å²) in [5.74, 6) is 1.95. The first-order valence-corrected chi connectivity index (χ1v) is 5.56. The van der Waals surface area contributed by atoms with Gasteiger partial charge in [0.05, 0.1) is 18.8 Å². The number of fused-ring (bicyclic) bond motifs is 1. The van der Waals surface area contributed by atoms with Crippen LogP contribution >= 0.6 is 0 Å². The molecular formula is C12H14N2O2. The Morgan fingerprint density at radius 3 is 3.31 bits per heavy atom. The normalized spacial score (nSPS) is 19.7. The molecule has 0 aliphatic carbocycles. The average Bonchev–Trinajstić information content (AvgIpc) is 2.89. The molecule has 0 saturated carbocycles. The highest BCUT2D eigenvalue weighted by Crippen LogP contribution is 2.19. The van der Waals surface area contributed by atoms with E-state index in [1.165, 1.54) is 0 Å². The second-order valence-corrected chi connectivity index (χ2v) is 4.22. The van der Waals surface area contributed by atoms with Gasteiger partial charge in [0, 0.05) is 24.9 Å². The van der Waals surface area contributed by atoms with Crippen LogP contribution in [0.4, 0.5) is 0 Å². The number of hydrogen-bond acceptors (Lipinski definition) is 3. The summed E-state index contributed by atoms with van der Waals surface area (Å²) in [6, 6.07) is 3.85. The Labute approximate surface area is 93.5 Å². The van der Waals surface area contributed by atoms with Gasteiger partial charge in [-0.15, -0.1) is 0 Å². The van der Waals surface area contributed by atoms with E-state index in [0.29, 0.717) is 6.42 Å². The lowest BCUT2D eigenvalue weighted by atomic mass is 10.1. The van der Waals surface area contributed by atoms with Crippen molar-refractivity contribution in [3.63, 3.8) is 0 Å². The molecule has 1 aliphatic rings. The third-order valence-corrected chi connectivity index (χ3v) is 3.06. The SMILES string of the molecule is OC1CCn2c(cnc2Cc2ccco2)C1. The lowest BCUT2D eigenvalue weighted by Crippen LogP contribution is -2.23. The topological polar surface area (TPSA) is 51.2 Å². The smallest absolute Gasteiger partial charge is 0.116 e. The summed E-state index contributed by atoms with van der Waals surface area (Å²) in [6.07, 6.45) is 5.59. The fourth-order valence-electron chi connectivity index (χ4n) is 2.22. The molecule has 2 aromatic rings. The Hall–Kier alpha value is -1.55. The van der Waals surface area contributed by atoms with E-state index in [0.717, 1.165) is 36.7 Å². The third-order valence-electron chi connectivity index (χ3n) is 3.06. The molecule has 4 heteroatoms. The Morgan fingerprint density at radius 2 is 2.50 bits per heavy atom. The molecule has 1 N–H and O–H groups in total. The minimum atomic E-state index is -0.208. The van der Waals surface area contributed by atoms with E-state index < -0.39 is 0 Å². The van der Waals surface area contributed by atoms with Gasteiger partial charge in [0.15, 0.2) is 0 Å². The summed E-state index contributed by atoms with van der Waals surface area (Å²) < 4.78 is 7.51. The zero-order valence-electron chi connectivity index (χ0n) is 8.97. The van der Waals surface area contributed by atoms with E-state index in [9.17, 15) is 5.11 Å². The summed E-state index contributed by atoms with van der Waals surface area (Å²) in [5, 5.41) is 9.56. The second-order valence-electron chi connectivity index (χ2n) is 4.22. The number of aliphatic hydroxyl groups excluding tert-OH is 1. The number of rotatable bonds is 2. The Bertz CT molecular complexity index is 473. The fraction of sp³-hybridized carbons (Fsp3) is 0.417. The number of aromatic nitrogens is 2. The summed E-state index contributed by atoms with van der Waals surface area (Å²) in [7, 11) is 0. The Balaban J connectivity index is 1.86. The molecule has 0 amide bonds. The maximum atomic E-state index is 9.56. The van der Waals surface area contributed by atoms with Crippen molar-refractivity contribution in [2.45, 2.75) is 31.9 Å². The van der Waals surface area contributed by atoms with Crippen LogP contribution in [0.15, 0.2) is 29.0 Å².